The Kier molecular flexibility index (Phi) is 33.4. The van der Waals surface area contributed by atoms with Crippen molar-refractivity contribution in [2.24, 2.45) is 5.92 Å². The summed E-state index contributed by atoms with van der Waals surface area (Å²) in [6, 6.07) is 0. The number of aliphatic hydroxyl groups excluding tert-OH is 1. The minimum absolute atomic E-state index is 0.0754. The van der Waals surface area contributed by atoms with Crippen LogP contribution in [0.3, 0.4) is 0 Å². The van der Waals surface area contributed by atoms with Gasteiger partial charge >= 0.3 is 27.6 Å². The minimum Gasteiger partial charge on any atom is -0.462 e. The lowest BCUT2D eigenvalue weighted by Gasteiger charge is -2.20. The summed E-state index contributed by atoms with van der Waals surface area (Å²) in [4.78, 5) is 64.7. The van der Waals surface area contributed by atoms with Crippen molar-refractivity contribution in [3.05, 3.63) is 48.6 Å². The number of rotatable bonds is 37. The van der Waals surface area contributed by atoms with Crippen molar-refractivity contribution >= 4 is 33.4 Å². The number of hydrogen-bond acceptors (Lipinski definition) is 11. The predicted molar refractivity (Wildman–Crippen MR) is 216 cm³/mol. The van der Waals surface area contributed by atoms with E-state index in [1.54, 1.807) is 12.2 Å². The summed E-state index contributed by atoms with van der Waals surface area (Å²) in [7, 11) is -9.75. The fourth-order valence-corrected chi connectivity index (χ4v) is 6.17. The van der Waals surface area contributed by atoms with Gasteiger partial charge in [-0.3, -0.25) is 28.0 Å². The topological polar surface area (TPSA) is 212 Å². The van der Waals surface area contributed by atoms with Gasteiger partial charge in [-0.25, -0.2) is 9.13 Å². The van der Waals surface area contributed by atoms with E-state index in [0.717, 1.165) is 50.9 Å². The number of unbranched alkanes of at least 4 members (excludes halogenated alkanes) is 10. The van der Waals surface area contributed by atoms with E-state index in [1.807, 2.05) is 6.08 Å². The summed E-state index contributed by atoms with van der Waals surface area (Å²) in [6.07, 6.45) is 28.6. The van der Waals surface area contributed by atoms with E-state index < -0.39 is 66.2 Å². The number of hydrogen-bond donors (Lipinski definition) is 4. The second-order valence-corrected chi connectivity index (χ2v) is 16.8. The predicted octanol–water partition coefficient (Wildman–Crippen LogP) is 8.93. The summed E-state index contributed by atoms with van der Waals surface area (Å²) < 4.78 is 47.4. The average Bonchev–Trinajstić information content (AvgIpc) is 3.13. The van der Waals surface area contributed by atoms with Crippen LogP contribution in [0.15, 0.2) is 48.6 Å². The van der Waals surface area contributed by atoms with Crippen LogP contribution in [-0.2, 0) is 46.6 Å². The maximum atomic E-state index is 12.6. The zero-order valence-corrected chi connectivity index (χ0v) is 35.7. The van der Waals surface area contributed by atoms with Gasteiger partial charge in [-0.1, -0.05) is 128 Å². The van der Waals surface area contributed by atoms with E-state index in [9.17, 15) is 33.5 Å². The average molecular weight is 837 g/mol. The second kappa shape index (κ2) is 34.8. The third-order valence-corrected chi connectivity index (χ3v) is 9.55. The van der Waals surface area contributed by atoms with Crippen molar-refractivity contribution in [3.63, 3.8) is 0 Å². The fourth-order valence-electron chi connectivity index (χ4n) is 5.01. The molecule has 0 aromatic rings. The molecule has 0 aliphatic heterocycles. The molecule has 1 unspecified atom stereocenters. The third kappa shape index (κ3) is 38.6. The fraction of sp³-hybridized carbons (Fsp3) is 0.725. The Morgan fingerprint density at radius 2 is 1.21 bits per heavy atom. The zero-order valence-electron chi connectivity index (χ0n) is 33.9. The number of phosphoric acid groups is 2. The summed E-state index contributed by atoms with van der Waals surface area (Å²) in [5, 5.41) is 9.71. The van der Waals surface area contributed by atoms with Gasteiger partial charge in [0.1, 0.15) is 12.7 Å². The van der Waals surface area contributed by atoms with Crippen molar-refractivity contribution in [2.45, 2.75) is 155 Å². The van der Waals surface area contributed by atoms with Gasteiger partial charge in [0.2, 0.25) is 0 Å². The Morgan fingerprint density at radius 1 is 0.625 bits per heavy atom. The quantitative estimate of drug-likeness (QED) is 0.0115. The Balaban J connectivity index is 4.78. The van der Waals surface area contributed by atoms with Gasteiger partial charge in [0, 0.05) is 19.3 Å². The highest BCUT2D eigenvalue weighted by molar-refractivity contribution is 7.47. The summed E-state index contributed by atoms with van der Waals surface area (Å²) in [5.74, 6) is -0.749. The molecule has 4 N–H and O–H groups in total. The number of carbonyl (C=O) groups excluding carboxylic acids is 3. The standard InChI is InChI=1S/C40H70O14P2/c1-4-5-6-7-8-9-10-11-12-13-17-20-23-27-36(41)28-25-30-40(44)54-38(34-53-56(48,49)52-32-37(42)31-51-55(45,46)47)33-50-39(43)29-24-21-18-15-14-16-19-22-26-35(2)3/h8-9,11-12,17,20,23,27,35,37-38,42H,4-7,10,13-16,18-19,21-22,24-26,28-34H2,1-3H3,(H,48,49)(H2,45,46,47)/b9-8-,12-11-,20-17-,27-23+/t37-,38+/m0/s1. The van der Waals surface area contributed by atoms with Crippen molar-refractivity contribution in [1.82, 2.24) is 0 Å². The van der Waals surface area contributed by atoms with Crippen LogP contribution in [0.1, 0.15) is 143 Å². The molecule has 0 bridgehead atoms. The van der Waals surface area contributed by atoms with E-state index in [-0.39, 0.29) is 31.5 Å². The lowest BCUT2D eigenvalue weighted by Crippen LogP contribution is -2.30. The first kappa shape index (κ1) is 53.8. The van der Waals surface area contributed by atoms with Gasteiger partial charge in [0.15, 0.2) is 11.9 Å². The molecule has 0 fully saturated rings. The van der Waals surface area contributed by atoms with Crippen LogP contribution in [0.4, 0.5) is 0 Å². The number of carbonyl (C=O) groups is 3. The van der Waals surface area contributed by atoms with Crippen LogP contribution < -0.4 is 0 Å². The molecule has 324 valence electrons. The van der Waals surface area contributed by atoms with Crippen LogP contribution in [-0.4, -0.2) is 76.1 Å². The summed E-state index contributed by atoms with van der Waals surface area (Å²) >= 11 is 0. The molecule has 0 saturated carbocycles. The Morgan fingerprint density at radius 3 is 1.88 bits per heavy atom. The molecular formula is C40H70O14P2. The molecular weight excluding hydrogens is 766 g/mol. The Hall–Kier alpha value is -2.25. The van der Waals surface area contributed by atoms with Crippen molar-refractivity contribution in [3.8, 4) is 0 Å². The van der Waals surface area contributed by atoms with E-state index in [0.29, 0.717) is 6.42 Å². The van der Waals surface area contributed by atoms with Crippen molar-refractivity contribution in [2.75, 3.05) is 26.4 Å². The highest BCUT2D eigenvalue weighted by atomic mass is 31.2. The van der Waals surface area contributed by atoms with Gasteiger partial charge < -0.3 is 29.3 Å². The van der Waals surface area contributed by atoms with Crippen LogP contribution in [0.2, 0.25) is 0 Å². The number of esters is 2. The van der Waals surface area contributed by atoms with Crippen LogP contribution in [0, 0.1) is 5.92 Å². The Bertz CT molecular complexity index is 1260. The second-order valence-electron chi connectivity index (χ2n) is 14.1. The number of aliphatic hydroxyl groups is 1. The smallest absolute Gasteiger partial charge is 0.462 e. The van der Waals surface area contributed by atoms with E-state index >= 15 is 0 Å². The zero-order chi connectivity index (χ0) is 41.9. The molecule has 0 aromatic carbocycles. The van der Waals surface area contributed by atoms with Crippen molar-refractivity contribution in [1.29, 1.82) is 0 Å². The molecule has 0 heterocycles. The molecule has 0 amide bonds. The number of allylic oxidation sites excluding steroid dienone is 8. The van der Waals surface area contributed by atoms with Crippen LogP contribution in [0.25, 0.3) is 0 Å². The normalized spacial score (nSPS) is 14.6. The molecule has 3 atom stereocenters. The highest BCUT2D eigenvalue weighted by Gasteiger charge is 2.28. The Labute approximate surface area is 335 Å². The number of ketones is 1. The summed E-state index contributed by atoms with van der Waals surface area (Å²) in [5.41, 5.74) is 0. The first-order valence-electron chi connectivity index (χ1n) is 20.1. The van der Waals surface area contributed by atoms with E-state index in [1.165, 1.54) is 51.0 Å². The lowest BCUT2D eigenvalue weighted by molar-refractivity contribution is -0.161. The van der Waals surface area contributed by atoms with Gasteiger partial charge in [0.25, 0.3) is 0 Å². The molecule has 0 aromatic heterocycles. The van der Waals surface area contributed by atoms with E-state index in [4.69, 9.17) is 23.8 Å². The molecule has 0 aliphatic carbocycles. The first-order valence-corrected chi connectivity index (χ1v) is 23.2. The van der Waals surface area contributed by atoms with Gasteiger partial charge in [-0.05, 0) is 50.5 Å². The van der Waals surface area contributed by atoms with Crippen LogP contribution in [0.5, 0.6) is 0 Å². The minimum atomic E-state index is -4.89. The maximum Gasteiger partial charge on any atom is 0.472 e. The number of phosphoric ester groups is 2. The third-order valence-electron chi connectivity index (χ3n) is 8.11. The largest absolute Gasteiger partial charge is 0.472 e. The maximum absolute atomic E-state index is 12.6. The molecule has 14 nitrogen and oxygen atoms in total. The monoisotopic (exact) mass is 836 g/mol. The van der Waals surface area contributed by atoms with E-state index in [2.05, 4.69) is 54.1 Å². The first-order chi connectivity index (χ1) is 26.6. The SMILES string of the molecule is CCCCC/C=C\C/C=C\C/C=C\C=C\C(=O)CCCC(=O)O[C@H](COC(=O)CCCCCCCCCCC(C)C)COP(=O)(O)OC[C@@H](O)COP(=O)(O)O. The molecule has 0 saturated heterocycles. The molecule has 0 rings (SSSR count). The van der Waals surface area contributed by atoms with Gasteiger partial charge in [-0.15, -0.1) is 0 Å². The summed E-state index contributed by atoms with van der Waals surface area (Å²) in [6.45, 7) is 3.68. The van der Waals surface area contributed by atoms with Crippen molar-refractivity contribution < 1.29 is 66.3 Å². The van der Waals surface area contributed by atoms with Crippen LogP contribution >= 0.6 is 15.6 Å². The highest BCUT2D eigenvalue weighted by Crippen LogP contribution is 2.43. The lowest BCUT2D eigenvalue weighted by atomic mass is 10.0. The van der Waals surface area contributed by atoms with Gasteiger partial charge in [0.05, 0.1) is 19.8 Å². The molecule has 0 spiro atoms. The molecule has 0 radical (unpaired) electrons. The number of ether oxygens (including phenoxy) is 2. The molecule has 56 heavy (non-hydrogen) atoms. The van der Waals surface area contributed by atoms with Gasteiger partial charge in [-0.2, -0.15) is 0 Å². The molecule has 0 aliphatic rings. The molecule has 16 heteroatoms.